The van der Waals surface area contributed by atoms with E-state index in [0.29, 0.717) is 11.3 Å². The molecule has 0 spiro atoms. The summed E-state index contributed by atoms with van der Waals surface area (Å²) in [6.45, 7) is 5.28. The third-order valence-electron chi connectivity index (χ3n) is 3.28. The molecule has 0 saturated heterocycles. The molecule has 2 aromatic carbocycles. The minimum absolute atomic E-state index is 0.208. The number of rotatable bonds is 6. The molecule has 1 unspecified atom stereocenters. The highest BCUT2D eigenvalue weighted by Crippen LogP contribution is 2.19. The zero-order valence-electron chi connectivity index (χ0n) is 12.2. The molecule has 0 aliphatic heterocycles. The van der Waals surface area contributed by atoms with Crippen molar-refractivity contribution in [2.75, 3.05) is 6.54 Å². The van der Waals surface area contributed by atoms with E-state index in [1.54, 1.807) is 0 Å². The number of ether oxygens (including phenoxy) is 1. The van der Waals surface area contributed by atoms with Crippen LogP contribution in [0, 0.1) is 11.6 Å². The summed E-state index contributed by atoms with van der Waals surface area (Å²) in [6, 6.07) is 11.8. The molecule has 0 aliphatic rings. The van der Waals surface area contributed by atoms with Gasteiger partial charge in [-0.1, -0.05) is 25.1 Å². The Morgan fingerprint density at radius 1 is 1.05 bits per heavy atom. The predicted octanol–water partition coefficient (Wildman–Crippen LogP) is 4.21. The lowest BCUT2D eigenvalue weighted by molar-refractivity contribution is 0.305. The van der Waals surface area contributed by atoms with E-state index in [-0.39, 0.29) is 12.6 Å². The van der Waals surface area contributed by atoms with Crippen molar-refractivity contribution in [3.63, 3.8) is 0 Å². The smallest absolute Gasteiger partial charge is 0.159 e. The highest BCUT2D eigenvalue weighted by molar-refractivity contribution is 5.29. The van der Waals surface area contributed by atoms with Gasteiger partial charge >= 0.3 is 0 Å². The summed E-state index contributed by atoms with van der Waals surface area (Å²) in [6.07, 6.45) is 0. The molecule has 0 fully saturated rings. The zero-order valence-corrected chi connectivity index (χ0v) is 12.2. The fraction of sp³-hybridized carbons (Fsp3) is 0.294. The first-order chi connectivity index (χ1) is 10.1. The van der Waals surface area contributed by atoms with Gasteiger partial charge in [-0.15, -0.1) is 0 Å². The van der Waals surface area contributed by atoms with Gasteiger partial charge in [-0.25, -0.2) is 8.78 Å². The largest absolute Gasteiger partial charge is 0.489 e. The highest BCUT2D eigenvalue weighted by atomic mass is 19.2. The topological polar surface area (TPSA) is 21.3 Å². The van der Waals surface area contributed by atoms with Crippen LogP contribution in [0.1, 0.15) is 31.0 Å². The first-order valence-electron chi connectivity index (χ1n) is 7.00. The summed E-state index contributed by atoms with van der Waals surface area (Å²) >= 11 is 0. The number of hydrogen-bond donors (Lipinski definition) is 1. The Hall–Kier alpha value is -1.94. The van der Waals surface area contributed by atoms with Crippen LogP contribution in [-0.2, 0) is 6.61 Å². The monoisotopic (exact) mass is 291 g/mol. The predicted molar refractivity (Wildman–Crippen MR) is 79.2 cm³/mol. The van der Waals surface area contributed by atoms with E-state index in [0.717, 1.165) is 18.7 Å². The Bertz CT molecular complexity index is 584. The van der Waals surface area contributed by atoms with E-state index < -0.39 is 11.6 Å². The second kappa shape index (κ2) is 7.18. The molecule has 0 saturated carbocycles. The van der Waals surface area contributed by atoms with Crippen molar-refractivity contribution in [2.45, 2.75) is 26.5 Å². The Morgan fingerprint density at radius 2 is 1.76 bits per heavy atom. The molecule has 112 valence electrons. The molecule has 21 heavy (non-hydrogen) atoms. The van der Waals surface area contributed by atoms with Gasteiger partial charge in [0.25, 0.3) is 0 Å². The molecule has 0 radical (unpaired) electrons. The first kappa shape index (κ1) is 15.4. The minimum Gasteiger partial charge on any atom is -0.489 e. The Labute approximate surface area is 123 Å². The van der Waals surface area contributed by atoms with Gasteiger partial charge in [0.2, 0.25) is 0 Å². The Morgan fingerprint density at radius 3 is 2.38 bits per heavy atom. The maximum absolute atomic E-state index is 13.1. The van der Waals surface area contributed by atoms with Gasteiger partial charge < -0.3 is 10.1 Å². The molecule has 2 nitrogen and oxygen atoms in total. The molecule has 0 aliphatic carbocycles. The van der Waals surface area contributed by atoms with Crippen molar-refractivity contribution in [1.82, 2.24) is 5.32 Å². The van der Waals surface area contributed by atoms with Gasteiger partial charge in [0, 0.05) is 6.04 Å². The van der Waals surface area contributed by atoms with Crippen molar-refractivity contribution in [3.05, 3.63) is 65.2 Å². The van der Waals surface area contributed by atoms with Crippen LogP contribution in [0.15, 0.2) is 42.5 Å². The SMILES string of the molecule is CCNC(C)c1ccc(OCc2ccc(F)c(F)c2)cc1. The maximum atomic E-state index is 13.1. The van der Waals surface area contributed by atoms with Crippen molar-refractivity contribution in [2.24, 2.45) is 0 Å². The Kier molecular flexibility index (Phi) is 5.28. The number of nitrogens with one attached hydrogen (secondary N) is 1. The lowest BCUT2D eigenvalue weighted by Gasteiger charge is -2.13. The quantitative estimate of drug-likeness (QED) is 0.860. The second-order valence-electron chi connectivity index (χ2n) is 4.89. The molecule has 0 aromatic heterocycles. The molecule has 0 amide bonds. The minimum atomic E-state index is -0.856. The molecular weight excluding hydrogens is 272 g/mol. The van der Waals surface area contributed by atoms with Crippen molar-refractivity contribution in [1.29, 1.82) is 0 Å². The fourth-order valence-corrected chi connectivity index (χ4v) is 2.07. The normalized spacial score (nSPS) is 12.2. The molecule has 0 heterocycles. The van der Waals surface area contributed by atoms with Gasteiger partial charge in [-0.3, -0.25) is 0 Å². The van der Waals surface area contributed by atoms with Crippen LogP contribution < -0.4 is 10.1 Å². The molecule has 1 N–H and O–H groups in total. The van der Waals surface area contributed by atoms with Crippen molar-refractivity contribution < 1.29 is 13.5 Å². The summed E-state index contributed by atoms with van der Waals surface area (Å²) in [4.78, 5) is 0. The Balaban J connectivity index is 1.95. The van der Waals surface area contributed by atoms with E-state index >= 15 is 0 Å². The van der Waals surface area contributed by atoms with E-state index in [1.807, 2.05) is 24.3 Å². The van der Waals surface area contributed by atoms with E-state index in [2.05, 4.69) is 19.2 Å². The summed E-state index contributed by atoms with van der Waals surface area (Å²) in [5, 5.41) is 3.33. The number of hydrogen-bond acceptors (Lipinski definition) is 2. The third-order valence-corrected chi connectivity index (χ3v) is 3.28. The number of benzene rings is 2. The standard InChI is InChI=1S/C17H19F2NO/c1-3-20-12(2)14-5-7-15(8-6-14)21-11-13-4-9-16(18)17(19)10-13/h4-10,12,20H,3,11H2,1-2H3. The van der Waals surface area contributed by atoms with Crippen molar-refractivity contribution in [3.8, 4) is 5.75 Å². The lowest BCUT2D eigenvalue weighted by atomic mass is 10.1. The molecule has 1 atom stereocenters. The molecule has 2 rings (SSSR count). The van der Waals surface area contributed by atoms with Gasteiger partial charge in [0.05, 0.1) is 0 Å². The van der Waals surface area contributed by atoms with Crippen LogP contribution in [0.3, 0.4) is 0 Å². The van der Waals surface area contributed by atoms with E-state index in [9.17, 15) is 8.78 Å². The van der Waals surface area contributed by atoms with Crippen LogP contribution in [0.5, 0.6) is 5.75 Å². The average molecular weight is 291 g/mol. The molecule has 2 aromatic rings. The van der Waals surface area contributed by atoms with E-state index in [4.69, 9.17) is 4.74 Å². The lowest BCUT2D eigenvalue weighted by Crippen LogP contribution is -2.17. The second-order valence-corrected chi connectivity index (χ2v) is 4.89. The molecular formula is C17H19F2NO. The third kappa shape index (κ3) is 4.26. The zero-order chi connectivity index (χ0) is 15.2. The summed E-state index contributed by atoms with van der Waals surface area (Å²) < 4.78 is 31.5. The van der Waals surface area contributed by atoms with Gasteiger partial charge in [-0.2, -0.15) is 0 Å². The maximum Gasteiger partial charge on any atom is 0.159 e. The number of halogens is 2. The van der Waals surface area contributed by atoms with Crippen LogP contribution in [0.25, 0.3) is 0 Å². The van der Waals surface area contributed by atoms with Crippen LogP contribution in [0.4, 0.5) is 8.78 Å². The average Bonchev–Trinajstić information content (AvgIpc) is 2.49. The highest BCUT2D eigenvalue weighted by Gasteiger charge is 2.05. The van der Waals surface area contributed by atoms with Gasteiger partial charge in [0.1, 0.15) is 12.4 Å². The summed E-state index contributed by atoms with van der Waals surface area (Å²) in [7, 11) is 0. The summed E-state index contributed by atoms with van der Waals surface area (Å²) in [5.74, 6) is -1.00. The van der Waals surface area contributed by atoms with Gasteiger partial charge in [0.15, 0.2) is 11.6 Å². The fourth-order valence-electron chi connectivity index (χ4n) is 2.07. The van der Waals surface area contributed by atoms with E-state index in [1.165, 1.54) is 11.6 Å². The van der Waals surface area contributed by atoms with Crippen molar-refractivity contribution >= 4 is 0 Å². The van der Waals surface area contributed by atoms with Gasteiger partial charge in [-0.05, 0) is 48.9 Å². The van der Waals surface area contributed by atoms with Crippen LogP contribution in [-0.4, -0.2) is 6.54 Å². The van der Waals surface area contributed by atoms with Crippen LogP contribution in [0.2, 0.25) is 0 Å². The molecule has 0 bridgehead atoms. The molecule has 4 heteroatoms. The van der Waals surface area contributed by atoms with Crippen LogP contribution >= 0.6 is 0 Å². The first-order valence-corrected chi connectivity index (χ1v) is 7.00. The summed E-state index contributed by atoms with van der Waals surface area (Å²) in [5.41, 5.74) is 1.77.